The Labute approximate surface area is 239 Å². The number of hydrogen-bond acceptors (Lipinski definition) is 12. The molecule has 0 aromatic carbocycles. The molecule has 1 aliphatic carbocycles. The second-order valence-corrected chi connectivity index (χ2v) is 11.6. The first-order valence-electron chi connectivity index (χ1n) is 12.4. The zero-order chi connectivity index (χ0) is 29.7. The first kappa shape index (κ1) is 30.7. The first-order valence-corrected chi connectivity index (χ1v) is 14.4. The lowest BCUT2D eigenvalue weighted by Crippen LogP contribution is -2.33. The summed E-state index contributed by atoms with van der Waals surface area (Å²) < 4.78 is 77.6. The summed E-state index contributed by atoms with van der Waals surface area (Å²) in [6.45, 7) is -1.44. The highest BCUT2D eigenvalue weighted by atomic mass is 35.5. The van der Waals surface area contributed by atoms with Gasteiger partial charge < -0.3 is 18.9 Å². The van der Waals surface area contributed by atoms with E-state index in [-0.39, 0.29) is 40.2 Å². The Bertz CT molecular complexity index is 1400. The van der Waals surface area contributed by atoms with Crippen LogP contribution < -0.4 is 14.2 Å². The van der Waals surface area contributed by atoms with Crippen molar-refractivity contribution in [2.45, 2.75) is 62.6 Å². The quantitative estimate of drug-likeness (QED) is 0.315. The molecular formula is C23H29ClF2N8O6S. The van der Waals surface area contributed by atoms with E-state index in [1.165, 1.54) is 51.5 Å². The normalized spacial score (nSPS) is 19.1. The Morgan fingerprint density at radius 2 is 1.61 bits per heavy atom. The summed E-state index contributed by atoms with van der Waals surface area (Å²) in [4.78, 5) is 16.5. The fourth-order valence-electron chi connectivity index (χ4n) is 4.65. The molecule has 3 aromatic heterocycles. The molecule has 0 saturated heterocycles. The van der Waals surface area contributed by atoms with E-state index in [1.54, 1.807) is 0 Å². The van der Waals surface area contributed by atoms with Crippen molar-refractivity contribution in [1.82, 2.24) is 34.7 Å². The molecule has 224 valence electrons. The van der Waals surface area contributed by atoms with E-state index in [2.05, 4.69) is 39.6 Å². The maximum Gasteiger partial charge on any atom is 0.345 e. The van der Waals surface area contributed by atoms with Crippen LogP contribution in [0.1, 0.15) is 56.3 Å². The van der Waals surface area contributed by atoms with Crippen molar-refractivity contribution < 1.29 is 36.1 Å². The van der Waals surface area contributed by atoms with E-state index in [0.717, 1.165) is 0 Å². The topological polar surface area (TPSA) is 165 Å². The van der Waals surface area contributed by atoms with Gasteiger partial charge in [0, 0.05) is 25.4 Å². The fraction of sp³-hybridized carbons (Fsp3) is 0.565. The molecule has 41 heavy (non-hydrogen) atoms. The predicted molar refractivity (Wildman–Crippen MR) is 141 cm³/mol. The minimum absolute atomic E-state index is 0.0606. The van der Waals surface area contributed by atoms with E-state index in [4.69, 9.17) is 25.8 Å². The molecule has 18 heteroatoms. The minimum atomic E-state index is -4.23. The van der Waals surface area contributed by atoms with E-state index in [9.17, 15) is 17.2 Å². The molecule has 1 saturated carbocycles. The molecule has 0 radical (unpaired) electrons. The van der Waals surface area contributed by atoms with Gasteiger partial charge in [-0.2, -0.15) is 18.7 Å². The lowest BCUT2D eigenvalue weighted by Gasteiger charge is -2.28. The molecule has 0 amide bonds. The molecule has 4 rings (SSSR count). The number of nitrogens with zero attached hydrogens (tertiary/aromatic N) is 7. The third-order valence-corrected chi connectivity index (χ3v) is 8.57. The van der Waals surface area contributed by atoms with Crippen LogP contribution in [0.5, 0.6) is 11.8 Å². The monoisotopic (exact) mass is 618 g/mol. The lowest BCUT2D eigenvalue weighted by molar-refractivity contribution is -0.170. The van der Waals surface area contributed by atoms with Crippen molar-refractivity contribution >= 4 is 27.6 Å². The van der Waals surface area contributed by atoms with Crippen LogP contribution in [0.15, 0.2) is 18.7 Å². The Balaban J connectivity index is 1.74. The Morgan fingerprint density at radius 3 is 2.15 bits per heavy atom. The maximum atomic E-state index is 13.6. The van der Waals surface area contributed by atoms with Gasteiger partial charge >= 0.3 is 6.61 Å². The number of halogens is 3. The smallest absolute Gasteiger partial charge is 0.345 e. The van der Waals surface area contributed by atoms with Crippen LogP contribution in [0.25, 0.3) is 5.69 Å². The van der Waals surface area contributed by atoms with E-state index in [0.29, 0.717) is 31.5 Å². The Hall–Kier alpha value is -3.28. The minimum Gasteiger partial charge on any atom is -0.479 e. The molecule has 1 fully saturated rings. The standard InChI is InChI=1S/C23H29ClF2N8O6S/c1-12(17(37-2)18-27-9-14(24)10-28-18)41(35,36)33-23-32-31-19(13-5-7-15(8-6-13)40-22(25)26)34(23)16-20(38-3)29-11-30-21(16)39-4/h9-13,15,17,22H,5-8H2,1-4H3,(H,32,33)/t12-,13?,15?,17-/m0/s1. The molecule has 1 N–H and O–H groups in total. The predicted octanol–water partition coefficient (Wildman–Crippen LogP) is 3.30. The highest BCUT2D eigenvalue weighted by molar-refractivity contribution is 7.93. The van der Waals surface area contributed by atoms with Crippen LogP contribution in [-0.2, 0) is 19.5 Å². The summed E-state index contributed by atoms with van der Waals surface area (Å²) in [7, 11) is -0.139. The lowest BCUT2D eigenvalue weighted by atomic mass is 9.86. The molecule has 0 spiro atoms. The van der Waals surface area contributed by atoms with Crippen LogP contribution in [-0.4, -0.2) is 82.4 Å². The molecule has 1 aliphatic rings. The number of anilines is 1. The summed E-state index contributed by atoms with van der Waals surface area (Å²) in [6.07, 6.45) is 3.77. The molecular weight excluding hydrogens is 590 g/mol. The number of ether oxygens (including phenoxy) is 4. The number of rotatable bonds is 12. The number of aromatic nitrogens is 7. The van der Waals surface area contributed by atoms with Crippen molar-refractivity contribution in [2.75, 3.05) is 26.1 Å². The van der Waals surface area contributed by atoms with Crippen molar-refractivity contribution in [3.05, 3.63) is 35.4 Å². The summed E-state index contributed by atoms with van der Waals surface area (Å²) in [5, 5.41) is 7.50. The van der Waals surface area contributed by atoms with Crippen LogP contribution in [0.2, 0.25) is 5.02 Å². The van der Waals surface area contributed by atoms with Crippen LogP contribution in [0.3, 0.4) is 0 Å². The van der Waals surface area contributed by atoms with E-state index < -0.39 is 34.1 Å². The number of alkyl halides is 2. The van der Waals surface area contributed by atoms with Crippen molar-refractivity contribution in [1.29, 1.82) is 0 Å². The van der Waals surface area contributed by atoms with Gasteiger partial charge in [-0.05, 0) is 32.6 Å². The molecule has 0 unspecified atom stereocenters. The van der Waals surface area contributed by atoms with Gasteiger partial charge in [0.25, 0.3) is 0 Å². The third-order valence-electron chi connectivity index (χ3n) is 6.69. The van der Waals surface area contributed by atoms with Crippen molar-refractivity contribution in [3.63, 3.8) is 0 Å². The number of hydrogen-bond donors (Lipinski definition) is 1. The van der Waals surface area contributed by atoms with Gasteiger partial charge in [-0.3, -0.25) is 9.29 Å². The van der Waals surface area contributed by atoms with Crippen LogP contribution >= 0.6 is 11.6 Å². The van der Waals surface area contributed by atoms with Gasteiger partial charge in [-0.25, -0.2) is 18.4 Å². The van der Waals surface area contributed by atoms with Gasteiger partial charge in [-0.15, -0.1) is 10.2 Å². The first-order chi connectivity index (χ1) is 19.6. The summed E-state index contributed by atoms with van der Waals surface area (Å²) in [5.74, 6) is 0.0765. The number of sulfonamides is 1. The molecule has 0 aliphatic heterocycles. The molecule has 2 atom stereocenters. The van der Waals surface area contributed by atoms with Gasteiger partial charge in [0.1, 0.15) is 23.5 Å². The average Bonchev–Trinajstić information content (AvgIpc) is 3.36. The summed E-state index contributed by atoms with van der Waals surface area (Å²) in [6, 6.07) is 0. The van der Waals surface area contributed by atoms with Gasteiger partial charge in [-0.1, -0.05) is 11.6 Å². The maximum absolute atomic E-state index is 13.6. The van der Waals surface area contributed by atoms with E-state index in [1.807, 2.05) is 0 Å². The summed E-state index contributed by atoms with van der Waals surface area (Å²) in [5.41, 5.74) is 0.151. The fourth-order valence-corrected chi connectivity index (χ4v) is 5.87. The van der Waals surface area contributed by atoms with Crippen molar-refractivity contribution in [2.24, 2.45) is 0 Å². The SMILES string of the molecule is COc1ncnc(OC)c1-n1c(NS(=O)(=O)[C@@H](C)[C@H](OC)c2ncc(Cl)cn2)nnc1C1CCC(OC(F)F)CC1. The largest absolute Gasteiger partial charge is 0.479 e. The van der Waals surface area contributed by atoms with Crippen molar-refractivity contribution in [3.8, 4) is 17.4 Å². The van der Waals surface area contributed by atoms with Gasteiger partial charge in [0.05, 0.1) is 25.3 Å². The van der Waals surface area contributed by atoms with E-state index >= 15 is 0 Å². The Morgan fingerprint density at radius 1 is 1.00 bits per heavy atom. The number of methoxy groups -OCH3 is 3. The highest BCUT2D eigenvalue weighted by Crippen LogP contribution is 2.39. The molecule has 3 aromatic rings. The highest BCUT2D eigenvalue weighted by Gasteiger charge is 2.37. The second-order valence-electron chi connectivity index (χ2n) is 9.10. The van der Waals surface area contributed by atoms with Gasteiger partial charge in [0.15, 0.2) is 11.5 Å². The second kappa shape index (κ2) is 13.1. The zero-order valence-electron chi connectivity index (χ0n) is 22.6. The zero-order valence-corrected chi connectivity index (χ0v) is 24.1. The molecule has 3 heterocycles. The third kappa shape index (κ3) is 6.79. The van der Waals surface area contributed by atoms with Gasteiger partial charge in [0.2, 0.25) is 27.7 Å². The number of nitrogens with one attached hydrogen (secondary N) is 1. The molecule has 14 nitrogen and oxygen atoms in total. The van der Waals surface area contributed by atoms with Crippen LogP contribution in [0.4, 0.5) is 14.7 Å². The average molecular weight is 619 g/mol. The van der Waals surface area contributed by atoms with Crippen LogP contribution in [0, 0.1) is 0 Å². The summed E-state index contributed by atoms with van der Waals surface area (Å²) >= 11 is 5.87. The Kier molecular flexibility index (Phi) is 9.83. The molecule has 0 bridgehead atoms.